The van der Waals surface area contributed by atoms with Gasteiger partial charge in [-0.3, -0.25) is 9.36 Å². The summed E-state index contributed by atoms with van der Waals surface area (Å²) < 4.78 is 1.66. The molecule has 0 spiro atoms. The Morgan fingerprint density at radius 2 is 2.03 bits per heavy atom. The molecule has 1 saturated carbocycles. The first-order chi connectivity index (χ1) is 15.0. The number of pyridine rings is 1. The minimum Gasteiger partial charge on any atom is -0.391 e. The van der Waals surface area contributed by atoms with Gasteiger partial charge in [0.2, 0.25) is 0 Å². The summed E-state index contributed by atoms with van der Waals surface area (Å²) in [6.07, 6.45) is 9.26. The molecule has 3 aromatic rings. The zero-order valence-electron chi connectivity index (χ0n) is 17.7. The normalized spacial score (nSPS) is 21.3. The average Bonchev–Trinajstić information content (AvgIpc) is 2.77. The van der Waals surface area contributed by atoms with Gasteiger partial charge in [0.1, 0.15) is 10.7 Å². The molecular weight excluding hydrogens is 412 g/mol. The molecule has 1 N–H and O–H groups in total. The van der Waals surface area contributed by atoms with Gasteiger partial charge in [-0.1, -0.05) is 30.5 Å². The fraction of sp³-hybridized carbons (Fsp3) is 0.458. The molecule has 6 nitrogen and oxygen atoms in total. The van der Waals surface area contributed by atoms with Crippen LogP contribution in [0.5, 0.6) is 0 Å². The topological polar surface area (TPSA) is 71.2 Å². The van der Waals surface area contributed by atoms with Crippen LogP contribution in [0.15, 0.2) is 35.5 Å². The van der Waals surface area contributed by atoms with E-state index in [0.29, 0.717) is 17.0 Å². The Bertz CT molecular complexity index is 1170. The van der Waals surface area contributed by atoms with Crippen molar-refractivity contribution < 1.29 is 5.11 Å². The number of benzene rings is 1. The first-order valence-corrected chi connectivity index (χ1v) is 11.5. The van der Waals surface area contributed by atoms with E-state index >= 15 is 0 Å². The molecule has 0 radical (unpaired) electrons. The molecule has 1 fully saturated rings. The van der Waals surface area contributed by atoms with Gasteiger partial charge in [0.25, 0.3) is 5.56 Å². The van der Waals surface area contributed by atoms with Crippen LogP contribution < -0.4 is 10.5 Å². The Morgan fingerprint density at radius 3 is 2.81 bits per heavy atom. The number of nitrogens with zero attached hydrogens (tertiary/aromatic N) is 4. The van der Waals surface area contributed by atoms with Gasteiger partial charge in [-0.15, -0.1) is 0 Å². The van der Waals surface area contributed by atoms with E-state index in [0.717, 1.165) is 67.4 Å². The average molecular weight is 439 g/mol. The number of aliphatic hydroxyl groups excluding tert-OH is 1. The summed E-state index contributed by atoms with van der Waals surface area (Å²) in [6.45, 7) is 0.945. The molecular formula is C24H27ClN4O2. The number of hydrogen-bond acceptors (Lipinski definition) is 5. The van der Waals surface area contributed by atoms with E-state index in [9.17, 15) is 9.90 Å². The summed E-state index contributed by atoms with van der Waals surface area (Å²) in [7, 11) is 2.07. The van der Waals surface area contributed by atoms with E-state index in [2.05, 4.69) is 16.9 Å². The van der Waals surface area contributed by atoms with Crippen LogP contribution in [0.2, 0.25) is 5.15 Å². The van der Waals surface area contributed by atoms with Crippen LogP contribution in [0.1, 0.15) is 54.8 Å². The summed E-state index contributed by atoms with van der Waals surface area (Å²) in [6, 6.07) is 5.60. The van der Waals surface area contributed by atoms with Gasteiger partial charge in [0.05, 0.1) is 29.5 Å². The van der Waals surface area contributed by atoms with Crippen molar-refractivity contribution in [2.24, 2.45) is 0 Å². The summed E-state index contributed by atoms with van der Waals surface area (Å²) in [5.41, 5.74) is 5.23. The number of halogens is 1. The lowest BCUT2D eigenvalue weighted by Crippen LogP contribution is -2.35. The van der Waals surface area contributed by atoms with Gasteiger partial charge in [0, 0.05) is 19.8 Å². The second-order valence-electron chi connectivity index (χ2n) is 8.83. The van der Waals surface area contributed by atoms with Crippen LogP contribution in [0.4, 0.5) is 5.69 Å². The second-order valence-corrected chi connectivity index (χ2v) is 9.21. The lowest BCUT2D eigenvalue weighted by Gasteiger charge is -2.32. The first-order valence-electron chi connectivity index (χ1n) is 11.1. The highest BCUT2D eigenvalue weighted by Gasteiger charge is 2.28. The summed E-state index contributed by atoms with van der Waals surface area (Å²) in [4.78, 5) is 24.8. The Morgan fingerprint density at radius 1 is 1.19 bits per heavy atom. The Labute approximate surface area is 186 Å². The van der Waals surface area contributed by atoms with Gasteiger partial charge < -0.3 is 10.0 Å². The third-order valence-corrected chi connectivity index (χ3v) is 7.01. The van der Waals surface area contributed by atoms with E-state index in [1.807, 2.05) is 12.1 Å². The largest absolute Gasteiger partial charge is 0.391 e. The monoisotopic (exact) mass is 438 g/mol. The van der Waals surface area contributed by atoms with Crippen LogP contribution in [0.3, 0.4) is 0 Å². The lowest BCUT2D eigenvalue weighted by molar-refractivity contribution is 0.0735. The molecule has 2 unspecified atom stereocenters. The number of aliphatic hydroxyl groups is 1. The fourth-order valence-corrected chi connectivity index (χ4v) is 5.31. The third kappa shape index (κ3) is 3.72. The number of rotatable bonds is 3. The second kappa shape index (κ2) is 8.24. The zero-order valence-corrected chi connectivity index (χ0v) is 18.5. The minimum absolute atomic E-state index is 0.0618. The van der Waals surface area contributed by atoms with Crippen molar-refractivity contribution in [1.82, 2.24) is 14.5 Å². The highest BCUT2D eigenvalue weighted by molar-refractivity contribution is 6.29. The molecule has 7 heteroatoms. The maximum atomic E-state index is 13.6. The maximum Gasteiger partial charge on any atom is 0.261 e. The molecule has 31 heavy (non-hydrogen) atoms. The van der Waals surface area contributed by atoms with Gasteiger partial charge in [-0.2, -0.15) is 0 Å². The lowest BCUT2D eigenvalue weighted by atomic mass is 9.90. The van der Waals surface area contributed by atoms with E-state index in [1.165, 1.54) is 5.56 Å². The molecule has 162 valence electrons. The molecule has 1 aliphatic carbocycles. The highest BCUT2D eigenvalue weighted by atomic mass is 35.5. The SMILES string of the molecule is CN1CCCc2c(Cc3ccc(Cl)nc3)cc3c(=O)n(C4CCCCC4O)cnc3c21. The molecule has 2 atom stereocenters. The third-order valence-electron chi connectivity index (χ3n) is 6.78. The van der Waals surface area contributed by atoms with Crippen molar-refractivity contribution in [3.8, 4) is 0 Å². The van der Waals surface area contributed by atoms with E-state index < -0.39 is 6.10 Å². The van der Waals surface area contributed by atoms with Gasteiger partial charge in [0.15, 0.2) is 0 Å². The molecule has 2 aliphatic rings. The Hall–Kier alpha value is -2.44. The standard InChI is InChI=1S/C24H27ClN4O2/c1-28-10-4-5-17-16(11-15-8-9-21(25)26-13-15)12-18-22(23(17)28)27-14-29(24(18)31)19-6-2-3-7-20(19)30/h8-9,12-14,19-20,30H,2-7,10-11H2,1H3. The molecule has 0 saturated heterocycles. The van der Waals surface area contributed by atoms with E-state index in [1.54, 1.807) is 23.2 Å². The predicted molar refractivity (Wildman–Crippen MR) is 123 cm³/mol. The number of fused-ring (bicyclic) bond motifs is 3. The molecule has 5 rings (SSSR count). The van der Waals surface area contributed by atoms with Crippen molar-refractivity contribution >= 4 is 28.2 Å². The number of hydrogen-bond donors (Lipinski definition) is 1. The number of anilines is 1. The fourth-order valence-electron chi connectivity index (χ4n) is 5.19. The molecule has 2 aromatic heterocycles. The van der Waals surface area contributed by atoms with Crippen LogP contribution in [-0.4, -0.2) is 39.3 Å². The van der Waals surface area contributed by atoms with Gasteiger partial charge >= 0.3 is 0 Å². The minimum atomic E-state index is -0.495. The number of aromatic nitrogens is 3. The summed E-state index contributed by atoms with van der Waals surface area (Å²) in [5.74, 6) is 0. The van der Waals surface area contributed by atoms with Gasteiger partial charge in [-0.05, 0) is 60.9 Å². The smallest absolute Gasteiger partial charge is 0.261 e. The van der Waals surface area contributed by atoms with Crippen LogP contribution >= 0.6 is 11.6 Å². The molecule has 1 aromatic carbocycles. The van der Waals surface area contributed by atoms with Crippen molar-refractivity contribution in [2.75, 3.05) is 18.5 Å². The van der Waals surface area contributed by atoms with Crippen molar-refractivity contribution in [3.63, 3.8) is 0 Å². The van der Waals surface area contributed by atoms with Crippen molar-refractivity contribution in [3.05, 3.63) is 62.9 Å². The zero-order chi connectivity index (χ0) is 21.5. The van der Waals surface area contributed by atoms with Crippen LogP contribution in [0, 0.1) is 0 Å². The summed E-state index contributed by atoms with van der Waals surface area (Å²) >= 11 is 5.96. The molecule has 0 amide bonds. The van der Waals surface area contributed by atoms with Gasteiger partial charge in [-0.25, -0.2) is 9.97 Å². The first kappa shape index (κ1) is 20.5. The molecule has 0 bridgehead atoms. The molecule has 3 heterocycles. The predicted octanol–water partition coefficient (Wildman–Crippen LogP) is 3.89. The van der Waals surface area contributed by atoms with E-state index in [4.69, 9.17) is 16.6 Å². The van der Waals surface area contributed by atoms with Crippen LogP contribution in [0.25, 0.3) is 10.9 Å². The molecule has 1 aliphatic heterocycles. The van der Waals surface area contributed by atoms with Crippen LogP contribution in [-0.2, 0) is 12.8 Å². The summed E-state index contributed by atoms with van der Waals surface area (Å²) in [5, 5.41) is 11.6. The van der Waals surface area contributed by atoms with Crippen molar-refractivity contribution in [1.29, 1.82) is 0 Å². The highest BCUT2D eigenvalue weighted by Crippen LogP contribution is 2.36. The van der Waals surface area contributed by atoms with Crippen molar-refractivity contribution in [2.45, 2.75) is 57.1 Å². The maximum absolute atomic E-state index is 13.6. The van der Waals surface area contributed by atoms with E-state index in [-0.39, 0.29) is 11.6 Å². The Balaban J connectivity index is 1.68. The Kier molecular flexibility index (Phi) is 5.44. The quantitative estimate of drug-likeness (QED) is 0.628.